The molecule has 0 saturated heterocycles. The van der Waals surface area contributed by atoms with E-state index in [0.29, 0.717) is 10.9 Å². The number of nitrogens with zero attached hydrogens (tertiary/aromatic N) is 3. The van der Waals surface area contributed by atoms with Gasteiger partial charge in [0.05, 0.1) is 16.6 Å². The molecule has 0 saturated carbocycles. The number of hydrogen-bond donors (Lipinski definition) is 3. The Morgan fingerprint density at radius 2 is 1.88 bits per heavy atom. The minimum atomic E-state index is -0.678. The monoisotopic (exact) mass is 425 g/mol. The number of phenols is 1. The molecule has 2 aromatic carbocycles. The zero-order valence-corrected chi connectivity index (χ0v) is 17.2. The van der Waals surface area contributed by atoms with E-state index >= 15 is 0 Å². The lowest BCUT2D eigenvalue weighted by atomic mass is 9.90. The number of allylic oxidation sites excluding steroid dienone is 2. The molecule has 4 aromatic rings. The normalized spacial score (nSPS) is 13.7. The second-order valence-electron chi connectivity index (χ2n) is 7.87. The van der Waals surface area contributed by atoms with Gasteiger partial charge in [-0.1, -0.05) is 30.3 Å². The average molecular weight is 425 g/mol. The number of benzene rings is 2. The van der Waals surface area contributed by atoms with Crippen molar-refractivity contribution >= 4 is 22.4 Å². The number of H-pyrrole nitrogens is 1. The Morgan fingerprint density at radius 3 is 2.56 bits per heavy atom. The summed E-state index contributed by atoms with van der Waals surface area (Å²) in [6, 6.07) is 13.9. The van der Waals surface area contributed by atoms with E-state index in [1.807, 2.05) is 24.3 Å². The lowest BCUT2D eigenvalue weighted by Crippen LogP contribution is -1.99. The van der Waals surface area contributed by atoms with E-state index in [1.165, 1.54) is 30.5 Å². The number of hydrogen-bond acceptors (Lipinski definition) is 5. The molecule has 5 rings (SSSR count). The van der Waals surface area contributed by atoms with Crippen molar-refractivity contribution in [1.29, 1.82) is 5.26 Å². The van der Waals surface area contributed by atoms with Gasteiger partial charge in [-0.15, -0.1) is 0 Å². The summed E-state index contributed by atoms with van der Waals surface area (Å²) in [5.41, 5.74) is 10.7. The van der Waals surface area contributed by atoms with Gasteiger partial charge < -0.3 is 10.8 Å². The first-order valence-electron chi connectivity index (χ1n) is 10.4. The Balaban J connectivity index is 1.74. The van der Waals surface area contributed by atoms with Gasteiger partial charge in [0.2, 0.25) is 0 Å². The lowest BCUT2D eigenvalue weighted by Gasteiger charge is -2.15. The number of nitrogens with two attached hydrogens (primary N) is 1. The molecule has 0 spiro atoms. The number of aromatic nitrogens is 3. The molecule has 1 aliphatic rings. The first kappa shape index (κ1) is 19.8. The van der Waals surface area contributed by atoms with Crippen molar-refractivity contribution in [2.45, 2.75) is 25.7 Å². The van der Waals surface area contributed by atoms with E-state index in [9.17, 15) is 14.8 Å². The summed E-state index contributed by atoms with van der Waals surface area (Å²) in [4.78, 5) is 4.43. The van der Waals surface area contributed by atoms with E-state index in [-0.39, 0.29) is 34.0 Å². The maximum Gasteiger partial charge on any atom is 0.184 e. The number of nitrogen functional groups attached to an aromatic ring is 1. The summed E-state index contributed by atoms with van der Waals surface area (Å²) in [6.45, 7) is 0. The van der Waals surface area contributed by atoms with Gasteiger partial charge in [-0.25, -0.2) is 9.37 Å². The Kier molecular flexibility index (Phi) is 4.83. The smallest absolute Gasteiger partial charge is 0.184 e. The van der Waals surface area contributed by atoms with E-state index in [2.05, 4.69) is 27.3 Å². The molecular formula is C25H20FN5O. The highest BCUT2D eigenvalue weighted by Gasteiger charge is 2.23. The standard InChI is InChI=1S/C25H20FN5O/c26-20-12-17(32)10-11-18(20)23-19(13-27)21(22-24(28)30-31-25(22)29-23)16-8-6-15(7-9-16)14-4-2-1-3-5-14/h4,6-12,32H,1-3,5H2,(H3,28,29,30,31). The third kappa shape index (κ3) is 3.26. The molecule has 0 amide bonds. The molecule has 0 aliphatic heterocycles. The molecule has 2 aromatic heterocycles. The van der Waals surface area contributed by atoms with Crippen LogP contribution in [-0.2, 0) is 0 Å². The van der Waals surface area contributed by atoms with Crippen LogP contribution in [0.3, 0.4) is 0 Å². The largest absolute Gasteiger partial charge is 0.508 e. The number of halogens is 1. The van der Waals surface area contributed by atoms with E-state index in [0.717, 1.165) is 30.0 Å². The molecule has 2 heterocycles. The minimum absolute atomic E-state index is 0.105. The zero-order valence-electron chi connectivity index (χ0n) is 17.2. The summed E-state index contributed by atoms with van der Waals surface area (Å²) in [5.74, 6) is -0.596. The van der Waals surface area contributed by atoms with Gasteiger partial charge in [-0.3, -0.25) is 5.10 Å². The summed E-state index contributed by atoms with van der Waals surface area (Å²) in [6.07, 6.45) is 6.83. The topological polar surface area (TPSA) is 112 Å². The Hall–Kier alpha value is -4.18. The third-order valence-electron chi connectivity index (χ3n) is 5.88. The van der Waals surface area contributed by atoms with Crippen molar-refractivity contribution in [3.8, 4) is 34.2 Å². The highest BCUT2D eigenvalue weighted by molar-refractivity contribution is 6.04. The first-order valence-corrected chi connectivity index (χ1v) is 10.4. The van der Waals surface area contributed by atoms with Crippen molar-refractivity contribution < 1.29 is 9.50 Å². The fourth-order valence-electron chi connectivity index (χ4n) is 4.32. The van der Waals surface area contributed by atoms with Crippen molar-refractivity contribution in [2.24, 2.45) is 0 Å². The van der Waals surface area contributed by atoms with Gasteiger partial charge in [0, 0.05) is 17.2 Å². The van der Waals surface area contributed by atoms with Gasteiger partial charge in [0.15, 0.2) is 5.65 Å². The molecule has 7 heteroatoms. The number of rotatable bonds is 3. The third-order valence-corrected chi connectivity index (χ3v) is 5.88. The average Bonchev–Trinajstić information content (AvgIpc) is 3.19. The van der Waals surface area contributed by atoms with Crippen LogP contribution in [0.15, 0.2) is 48.5 Å². The Bertz CT molecular complexity index is 1410. The molecule has 4 N–H and O–H groups in total. The van der Waals surface area contributed by atoms with Crippen LogP contribution in [-0.4, -0.2) is 20.3 Å². The number of anilines is 1. The number of phenolic OH excluding ortho intramolecular Hbond substituents is 1. The molecule has 0 unspecified atom stereocenters. The summed E-state index contributed by atoms with van der Waals surface area (Å²) >= 11 is 0. The summed E-state index contributed by atoms with van der Waals surface area (Å²) in [5, 5.41) is 27.1. The predicted molar refractivity (Wildman–Crippen MR) is 122 cm³/mol. The molecular weight excluding hydrogens is 405 g/mol. The maximum absolute atomic E-state index is 14.7. The van der Waals surface area contributed by atoms with E-state index in [4.69, 9.17) is 5.73 Å². The van der Waals surface area contributed by atoms with Crippen LogP contribution in [0.4, 0.5) is 10.2 Å². The van der Waals surface area contributed by atoms with Gasteiger partial charge in [-0.05, 0) is 54.5 Å². The first-order chi connectivity index (χ1) is 15.6. The number of fused-ring (bicyclic) bond motifs is 1. The molecule has 1 aliphatic carbocycles. The molecule has 158 valence electrons. The fourth-order valence-corrected chi connectivity index (χ4v) is 4.32. The number of nitriles is 1. The number of aromatic hydroxyl groups is 1. The van der Waals surface area contributed by atoms with Gasteiger partial charge in [-0.2, -0.15) is 10.4 Å². The molecule has 6 nitrogen and oxygen atoms in total. The van der Waals surface area contributed by atoms with E-state index in [1.54, 1.807) is 0 Å². The van der Waals surface area contributed by atoms with Crippen molar-refractivity contribution in [3.05, 3.63) is 65.5 Å². The fraction of sp³-hybridized carbons (Fsp3) is 0.160. The van der Waals surface area contributed by atoms with Crippen molar-refractivity contribution in [1.82, 2.24) is 15.2 Å². The zero-order chi connectivity index (χ0) is 22.2. The highest BCUT2D eigenvalue weighted by atomic mass is 19.1. The SMILES string of the molecule is N#Cc1c(-c2ccc(O)cc2F)nc2n[nH]c(N)c2c1-c1ccc(C2=CCCCC2)cc1. The van der Waals surface area contributed by atoms with Crippen LogP contribution >= 0.6 is 0 Å². The second-order valence-corrected chi connectivity index (χ2v) is 7.87. The van der Waals surface area contributed by atoms with Crippen molar-refractivity contribution in [2.75, 3.05) is 5.73 Å². The minimum Gasteiger partial charge on any atom is -0.508 e. The van der Waals surface area contributed by atoms with Gasteiger partial charge in [0.1, 0.15) is 23.5 Å². The molecule has 0 atom stereocenters. The van der Waals surface area contributed by atoms with Crippen LogP contribution in [0, 0.1) is 17.1 Å². The van der Waals surface area contributed by atoms with Crippen LogP contribution in [0.2, 0.25) is 0 Å². The molecule has 0 radical (unpaired) electrons. The lowest BCUT2D eigenvalue weighted by molar-refractivity contribution is 0.469. The van der Waals surface area contributed by atoms with E-state index < -0.39 is 5.82 Å². The van der Waals surface area contributed by atoms with Gasteiger partial charge >= 0.3 is 0 Å². The summed E-state index contributed by atoms with van der Waals surface area (Å²) in [7, 11) is 0. The second kappa shape index (κ2) is 7.82. The Labute approximate surface area is 183 Å². The van der Waals surface area contributed by atoms with Crippen LogP contribution in [0.1, 0.15) is 36.8 Å². The van der Waals surface area contributed by atoms with Crippen LogP contribution in [0.5, 0.6) is 5.75 Å². The number of nitrogens with one attached hydrogen (secondary N) is 1. The van der Waals surface area contributed by atoms with Crippen molar-refractivity contribution in [3.63, 3.8) is 0 Å². The molecule has 0 bridgehead atoms. The quantitative estimate of drug-likeness (QED) is 0.398. The summed E-state index contributed by atoms with van der Waals surface area (Å²) < 4.78 is 14.7. The van der Waals surface area contributed by atoms with Gasteiger partial charge in [0.25, 0.3) is 0 Å². The molecule has 32 heavy (non-hydrogen) atoms. The molecule has 0 fully saturated rings. The highest BCUT2D eigenvalue weighted by Crippen LogP contribution is 2.40. The Morgan fingerprint density at radius 1 is 1.09 bits per heavy atom. The number of aromatic amines is 1. The maximum atomic E-state index is 14.7. The van der Waals surface area contributed by atoms with Crippen LogP contribution < -0.4 is 5.73 Å². The van der Waals surface area contributed by atoms with Crippen LogP contribution in [0.25, 0.3) is 39.0 Å². The number of pyridine rings is 1. The predicted octanol–water partition coefficient (Wildman–Crippen LogP) is 5.55.